The van der Waals surface area contributed by atoms with Crippen LogP contribution in [0, 0.1) is 0 Å². The molecule has 1 saturated carbocycles. The molecule has 2 aromatic rings. The topological polar surface area (TPSA) is 55.0 Å². The first-order chi connectivity index (χ1) is 9.28. The highest BCUT2D eigenvalue weighted by molar-refractivity contribution is 5.24. The van der Waals surface area contributed by atoms with Crippen LogP contribution in [-0.2, 0) is 4.74 Å². The van der Waals surface area contributed by atoms with Crippen molar-refractivity contribution < 1.29 is 4.74 Å². The number of ether oxygens (including phenoxy) is 1. The molecule has 1 atom stereocenters. The Hall–Kier alpha value is -1.94. The van der Waals surface area contributed by atoms with Crippen molar-refractivity contribution in [2.45, 2.75) is 24.9 Å². The van der Waals surface area contributed by atoms with Crippen LogP contribution in [0.15, 0.2) is 41.2 Å². The largest absolute Gasteiger partial charge is 0.369 e. The smallest absolute Gasteiger partial charge is 0.251 e. The number of H-pyrrole nitrogens is 1. The van der Waals surface area contributed by atoms with E-state index in [4.69, 9.17) is 4.74 Å². The predicted molar refractivity (Wildman–Crippen MR) is 72.1 cm³/mol. The lowest BCUT2D eigenvalue weighted by molar-refractivity contribution is 0.128. The number of nitrogens with zero attached hydrogens (tertiary/aromatic N) is 1. The fourth-order valence-electron chi connectivity index (χ4n) is 2.24. The van der Waals surface area contributed by atoms with E-state index in [-0.39, 0.29) is 11.7 Å². The number of rotatable bonds is 4. The van der Waals surface area contributed by atoms with Crippen LogP contribution in [0.1, 0.15) is 41.9 Å². The van der Waals surface area contributed by atoms with Crippen LogP contribution in [0.5, 0.6) is 0 Å². The maximum absolute atomic E-state index is 11.7. The van der Waals surface area contributed by atoms with E-state index in [1.807, 2.05) is 30.3 Å². The minimum absolute atomic E-state index is 0.107. The fourth-order valence-corrected chi connectivity index (χ4v) is 2.24. The van der Waals surface area contributed by atoms with Gasteiger partial charge >= 0.3 is 0 Å². The van der Waals surface area contributed by atoms with Crippen molar-refractivity contribution in [1.29, 1.82) is 0 Å². The average molecular weight is 256 g/mol. The molecule has 0 amide bonds. The SMILES string of the molecule is COC(c1ccccc1)c1nc(C2CC2)cc(=O)[nH]1. The summed E-state index contributed by atoms with van der Waals surface area (Å²) in [5.41, 5.74) is 1.77. The summed E-state index contributed by atoms with van der Waals surface area (Å²) in [5, 5.41) is 0. The Morgan fingerprint density at radius 2 is 2.05 bits per heavy atom. The molecule has 1 aliphatic rings. The molecule has 19 heavy (non-hydrogen) atoms. The summed E-state index contributed by atoms with van der Waals surface area (Å²) in [7, 11) is 1.63. The van der Waals surface area contributed by atoms with Crippen LogP contribution < -0.4 is 5.56 Å². The standard InChI is InChI=1S/C15H16N2O2/c1-19-14(11-5-3-2-4-6-11)15-16-12(10-7-8-10)9-13(18)17-15/h2-6,9-10,14H,7-8H2,1H3,(H,16,17,18). The Balaban J connectivity index is 2.01. The maximum Gasteiger partial charge on any atom is 0.251 e. The third kappa shape index (κ3) is 2.58. The van der Waals surface area contributed by atoms with Gasteiger partial charge in [0.1, 0.15) is 11.9 Å². The second-order valence-corrected chi connectivity index (χ2v) is 4.86. The molecule has 1 fully saturated rings. The predicted octanol–water partition coefficient (Wildman–Crippen LogP) is 2.38. The molecule has 1 N–H and O–H groups in total. The highest BCUT2D eigenvalue weighted by Gasteiger charge is 2.27. The number of benzene rings is 1. The highest BCUT2D eigenvalue weighted by atomic mass is 16.5. The lowest BCUT2D eigenvalue weighted by Gasteiger charge is -2.15. The second-order valence-electron chi connectivity index (χ2n) is 4.86. The number of nitrogens with one attached hydrogen (secondary N) is 1. The van der Waals surface area contributed by atoms with Crippen molar-refractivity contribution in [2.24, 2.45) is 0 Å². The molecule has 0 saturated heterocycles. The highest BCUT2D eigenvalue weighted by Crippen LogP contribution is 2.38. The van der Waals surface area contributed by atoms with Gasteiger partial charge in [-0.2, -0.15) is 0 Å². The second kappa shape index (κ2) is 4.97. The molecule has 0 radical (unpaired) electrons. The van der Waals surface area contributed by atoms with E-state index >= 15 is 0 Å². The summed E-state index contributed by atoms with van der Waals surface area (Å²) >= 11 is 0. The Bertz CT molecular complexity index is 618. The van der Waals surface area contributed by atoms with Gasteiger partial charge in [-0.15, -0.1) is 0 Å². The van der Waals surface area contributed by atoms with Crippen molar-refractivity contribution in [3.05, 3.63) is 63.8 Å². The molecule has 4 heteroatoms. The van der Waals surface area contributed by atoms with Gasteiger partial charge in [-0.1, -0.05) is 30.3 Å². The van der Waals surface area contributed by atoms with Gasteiger partial charge in [-0.3, -0.25) is 4.79 Å². The molecule has 1 aliphatic carbocycles. The van der Waals surface area contributed by atoms with Gasteiger partial charge in [0.15, 0.2) is 0 Å². The van der Waals surface area contributed by atoms with E-state index in [1.54, 1.807) is 13.2 Å². The number of hydrogen-bond acceptors (Lipinski definition) is 3. The van der Waals surface area contributed by atoms with Crippen molar-refractivity contribution >= 4 is 0 Å². The van der Waals surface area contributed by atoms with E-state index in [9.17, 15) is 4.79 Å². The molecule has 3 rings (SSSR count). The van der Waals surface area contributed by atoms with E-state index in [2.05, 4.69) is 9.97 Å². The van der Waals surface area contributed by atoms with Crippen LogP contribution in [-0.4, -0.2) is 17.1 Å². The molecule has 1 heterocycles. The van der Waals surface area contributed by atoms with Crippen LogP contribution in [0.25, 0.3) is 0 Å². The number of aromatic nitrogens is 2. The zero-order valence-electron chi connectivity index (χ0n) is 10.8. The zero-order valence-corrected chi connectivity index (χ0v) is 10.8. The van der Waals surface area contributed by atoms with E-state index < -0.39 is 0 Å². The van der Waals surface area contributed by atoms with Gasteiger partial charge in [0.25, 0.3) is 5.56 Å². The quantitative estimate of drug-likeness (QED) is 0.913. The molecule has 1 aromatic carbocycles. The summed E-state index contributed by atoms with van der Waals surface area (Å²) in [4.78, 5) is 19.1. The molecular weight excluding hydrogens is 240 g/mol. The van der Waals surface area contributed by atoms with Crippen molar-refractivity contribution in [3.8, 4) is 0 Å². The summed E-state index contributed by atoms with van der Waals surface area (Å²) < 4.78 is 5.50. The number of hydrogen-bond donors (Lipinski definition) is 1. The minimum atomic E-state index is -0.326. The third-order valence-electron chi connectivity index (χ3n) is 3.36. The van der Waals surface area contributed by atoms with E-state index in [0.717, 1.165) is 24.1 Å². The third-order valence-corrected chi connectivity index (χ3v) is 3.36. The number of aromatic amines is 1. The molecule has 0 spiro atoms. The molecule has 4 nitrogen and oxygen atoms in total. The number of methoxy groups -OCH3 is 1. The van der Waals surface area contributed by atoms with Crippen molar-refractivity contribution in [3.63, 3.8) is 0 Å². The van der Waals surface area contributed by atoms with Crippen molar-refractivity contribution in [1.82, 2.24) is 9.97 Å². The molecular formula is C15H16N2O2. The molecule has 98 valence electrons. The zero-order chi connectivity index (χ0) is 13.2. The van der Waals surface area contributed by atoms with E-state index in [0.29, 0.717) is 11.7 Å². The van der Waals surface area contributed by atoms with Gasteiger partial charge in [-0.25, -0.2) is 4.98 Å². The Morgan fingerprint density at radius 1 is 1.32 bits per heavy atom. The Morgan fingerprint density at radius 3 is 2.68 bits per heavy atom. The maximum atomic E-state index is 11.7. The molecule has 1 unspecified atom stereocenters. The summed E-state index contributed by atoms with van der Waals surface area (Å²) in [5.74, 6) is 1.04. The first-order valence-electron chi connectivity index (χ1n) is 6.47. The minimum Gasteiger partial charge on any atom is -0.369 e. The summed E-state index contributed by atoms with van der Waals surface area (Å²) in [6, 6.07) is 11.4. The van der Waals surface area contributed by atoms with Gasteiger partial charge in [0.2, 0.25) is 0 Å². The van der Waals surface area contributed by atoms with E-state index in [1.165, 1.54) is 0 Å². The fraction of sp³-hybridized carbons (Fsp3) is 0.333. The van der Waals surface area contributed by atoms with Gasteiger partial charge < -0.3 is 9.72 Å². The van der Waals surface area contributed by atoms with Crippen LogP contribution in [0.4, 0.5) is 0 Å². The average Bonchev–Trinajstić information content (AvgIpc) is 3.24. The molecule has 0 aliphatic heterocycles. The van der Waals surface area contributed by atoms with Gasteiger partial charge in [0, 0.05) is 19.1 Å². The lowest BCUT2D eigenvalue weighted by Crippen LogP contribution is -2.17. The van der Waals surface area contributed by atoms with Crippen LogP contribution >= 0.6 is 0 Å². The molecule has 0 bridgehead atoms. The first-order valence-corrected chi connectivity index (χ1v) is 6.47. The van der Waals surface area contributed by atoms with Crippen molar-refractivity contribution in [2.75, 3.05) is 7.11 Å². The summed E-state index contributed by atoms with van der Waals surface area (Å²) in [6.07, 6.45) is 1.92. The molecule has 1 aromatic heterocycles. The monoisotopic (exact) mass is 256 g/mol. The Labute approximate surface area is 111 Å². The van der Waals surface area contributed by atoms with Gasteiger partial charge in [0.05, 0.1) is 5.69 Å². The van der Waals surface area contributed by atoms with Gasteiger partial charge in [-0.05, 0) is 18.4 Å². The first kappa shape index (κ1) is 12.1. The lowest BCUT2D eigenvalue weighted by atomic mass is 10.1. The van der Waals surface area contributed by atoms with Crippen LogP contribution in [0.2, 0.25) is 0 Å². The normalized spacial score (nSPS) is 16.3. The summed E-state index contributed by atoms with van der Waals surface area (Å²) in [6.45, 7) is 0. The van der Waals surface area contributed by atoms with Crippen LogP contribution in [0.3, 0.4) is 0 Å². The Kier molecular flexibility index (Phi) is 3.17.